The molecule has 0 aliphatic heterocycles. The Bertz CT molecular complexity index is 419. The van der Waals surface area contributed by atoms with E-state index in [0.29, 0.717) is 13.0 Å². The quantitative estimate of drug-likeness (QED) is 0.853. The fourth-order valence-electron chi connectivity index (χ4n) is 1.77. The molecular weight excluding hydrogens is 223 g/mol. The van der Waals surface area contributed by atoms with Crippen LogP contribution in [0.4, 0.5) is 10.1 Å². The molecule has 1 aliphatic rings. The summed E-state index contributed by atoms with van der Waals surface area (Å²) in [5, 5.41) is 2.61. The number of nitrogens with one attached hydrogen (secondary N) is 1. The molecule has 4 nitrogen and oxygen atoms in total. The predicted molar refractivity (Wildman–Crippen MR) is 61.0 cm³/mol. The first-order valence-electron chi connectivity index (χ1n) is 5.58. The SMILES string of the molecule is COCCC1(C(=O)Nc2ccncc2F)CC1. The van der Waals surface area contributed by atoms with Gasteiger partial charge in [0, 0.05) is 19.9 Å². The smallest absolute Gasteiger partial charge is 0.230 e. The van der Waals surface area contributed by atoms with Gasteiger partial charge in [0.2, 0.25) is 5.91 Å². The second-order valence-corrected chi connectivity index (χ2v) is 4.33. The number of ether oxygens (including phenoxy) is 1. The summed E-state index contributed by atoms with van der Waals surface area (Å²) in [4.78, 5) is 15.6. The first kappa shape index (κ1) is 12.0. The standard InChI is InChI=1S/C12H15FN2O2/c1-17-7-5-12(3-4-12)11(16)15-10-2-6-14-8-9(10)13/h2,6,8H,3-5,7H2,1H3,(H,14,15,16). The number of aromatic nitrogens is 1. The summed E-state index contributed by atoms with van der Waals surface area (Å²) in [6, 6.07) is 1.46. The van der Waals surface area contributed by atoms with E-state index in [-0.39, 0.29) is 17.0 Å². The summed E-state index contributed by atoms with van der Waals surface area (Å²) in [5.74, 6) is -0.636. The number of carbonyl (C=O) groups is 1. The summed E-state index contributed by atoms with van der Waals surface area (Å²) >= 11 is 0. The number of hydrogen-bond acceptors (Lipinski definition) is 3. The van der Waals surface area contributed by atoms with E-state index in [9.17, 15) is 9.18 Å². The van der Waals surface area contributed by atoms with E-state index >= 15 is 0 Å². The first-order chi connectivity index (χ1) is 8.18. The molecule has 5 heteroatoms. The van der Waals surface area contributed by atoms with Gasteiger partial charge in [-0.3, -0.25) is 9.78 Å². The van der Waals surface area contributed by atoms with Gasteiger partial charge in [0.05, 0.1) is 17.3 Å². The van der Waals surface area contributed by atoms with Crippen molar-refractivity contribution in [3.63, 3.8) is 0 Å². The van der Waals surface area contributed by atoms with Crippen LogP contribution in [0.25, 0.3) is 0 Å². The van der Waals surface area contributed by atoms with Crippen LogP contribution in [0.15, 0.2) is 18.5 Å². The largest absolute Gasteiger partial charge is 0.385 e. The lowest BCUT2D eigenvalue weighted by molar-refractivity contribution is -0.121. The fourth-order valence-corrected chi connectivity index (χ4v) is 1.77. The first-order valence-corrected chi connectivity index (χ1v) is 5.58. The van der Waals surface area contributed by atoms with Gasteiger partial charge in [-0.05, 0) is 25.3 Å². The number of hydrogen-bond donors (Lipinski definition) is 1. The van der Waals surface area contributed by atoms with Gasteiger partial charge in [-0.15, -0.1) is 0 Å². The molecule has 0 atom stereocenters. The van der Waals surface area contributed by atoms with Crippen LogP contribution >= 0.6 is 0 Å². The molecule has 1 saturated carbocycles. The normalized spacial score (nSPS) is 16.6. The van der Waals surface area contributed by atoms with Crippen molar-refractivity contribution < 1.29 is 13.9 Å². The van der Waals surface area contributed by atoms with Crippen LogP contribution in [0.1, 0.15) is 19.3 Å². The summed E-state index contributed by atoms with van der Waals surface area (Å²) in [7, 11) is 1.61. The summed E-state index contributed by atoms with van der Waals surface area (Å²) in [5.41, 5.74) is -0.167. The topological polar surface area (TPSA) is 51.2 Å². The van der Waals surface area contributed by atoms with E-state index < -0.39 is 5.82 Å². The van der Waals surface area contributed by atoms with Crippen LogP contribution in [0.3, 0.4) is 0 Å². The number of amides is 1. The second-order valence-electron chi connectivity index (χ2n) is 4.33. The van der Waals surface area contributed by atoms with Crippen molar-refractivity contribution in [2.45, 2.75) is 19.3 Å². The second kappa shape index (κ2) is 4.79. The number of rotatable bonds is 5. The zero-order valence-electron chi connectivity index (χ0n) is 9.70. The van der Waals surface area contributed by atoms with E-state index in [4.69, 9.17) is 4.74 Å². The molecule has 2 rings (SSSR count). The third-order valence-electron chi connectivity index (χ3n) is 3.14. The molecule has 1 aromatic rings. The lowest BCUT2D eigenvalue weighted by Gasteiger charge is -2.14. The van der Waals surface area contributed by atoms with Crippen molar-refractivity contribution in [2.75, 3.05) is 19.0 Å². The van der Waals surface area contributed by atoms with Crippen LogP contribution in [0.5, 0.6) is 0 Å². The maximum absolute atomic E-state index is 13.3. The van der Waals surface area contributed by atoms with Crippen LogP contribution in [-0.2, 0) is 9.53 Å². The van der Waals surface area contributed by atoms with Gasteiger partial charge >= 0.3 is 0 Å². The predicted octanol–water partition coefficient (Wildman–Crippen LogP) is 1.98. The molecule has 92 valence electrons. The Hall–Kier alpha value is -1.49. The van der Waals surface area contributed by atoms with Crippen LogP contribution < -0.4 is 5.32 Å². The monoisotopic (exact) mass is 238 g/mol. The number of methoxy groups -OCH3 is 1. The Labute approximate surface area is 99.2 Å². The molecule has 1 amide bonds. The van der Waals surface area contributed by atoms with Gasteiger partial charge in [0.25, 0.3) is 0 Å². The van der Waals surface area contributed by atoms with Gasteiger partial charge < -0.3 is 10.1 Å². The molecule has 0 saturated heterocycles. The van der Waals surface area contributed by atoms with E-state index in [0.717, 1.165) is 19.0 Å². The molecule has 1 heterocycles. The van der Waals surface area contributed by atoms with Crippen molar-refractivity contribution >= 4 is 11.6 Å². The molecule has 0 spiro atoms. The van der Waals surface area contributed by atoms with Gasteiger partial charge in [-0.1, -0.05) is 0 Å². The van der Waals surface area contributed by atoms with Crippen LogP contribution in [0, 0.1) is 11.2 Å². The highest BCUT2D eigenvalue weighted by Crippen LogP contribution is 2.49. The minimum Gasteiger partial charge on any atom is -0.385 e. The van der Waals surface area contributed by atoms with Crippen molar-refractivity contribution in [2.24, 2.45) is 5.41 Å². The highest BCUT2D eigenvalue weighted by Gasteiger charge is 2.49. The van der Waals surface area contributed by atoms with E-state index in [2.05, 4.69) is 10.3 Å². The average Bonchev–Trinajstić information content (AvgIpc) is 3.11. The third kappa shape index (κ3) is 2.61. The van der Waals surface area contributed by atoms with Crippen molar-refractivity contribution in [3.05, 3.63) is 24.3 Å². The molecule has 1 aromatic heterocycles. The average molecular weight is 238 g/mol. The number of halogens is 1. The van der Waals surface area contributed by atoms with Gasteiger partial charge in [-0.25, -0.2) is 4.39 Å². The maximum Gasteiger partial charge on any atom is 0.230 e. The number of anilines is 1. The Morgan fingerprint density at radius 3 is 3.00 bits per heavy atom. The van der Waals surface area contributed by atoms with Gasteiger partial charge in [-0.2, -0.15) is 0 Å². The molecule has 1 fully saturated rings. The molecule has 1 N–H and O–H groups in total. The number of pyridine rings is 1. The van der Waals surface area contributed by atoms with E-state index in [1.165, 1.54) is 12.3 Å². The molecule has 0 bridgehead atoms. The highest BCUT2D eigenvalue weighted by atomic mass is 19.1. The molecule has 0 aromatic carbocycles. The molecule has 0 unspecified atom stereocenters. The lowest BCUT2D eigenvalue weighted by Crippen LogP contribution is -2.25. The summed E-state index contributed by atoms with van der Waals surface area (Å²) in [6.45, 7) is 0.548. The number of carbonyl (C=O) groups excluding carboxylic acids is 1. The lowest BCUT2D eigenvalue weighted by atomic mass is 10.0. The minimum absolute atomic E-state index is 0.125. The zero-order valence-corrected chi connectivity index (χ0v) is 9.70. The van der Waals surface area contributed by atoms with Crippen LogP contribution in [0.2, 0.25) is 0 Å². The van der Waals surface area contributed by atoms with Crippen molar-refractivity contribution in [1.82, 2.24) is 4.98 Å². The Balaban J connectivity index is 2.00. The molecule has 17 heavy (non-hydrogen) atoms. The molecular formula is C12H15FN2O2. The molecule has 1 aliphatic carbocycles. The van der Waals surface area contributed by atoms with Gasteiger partial charge in [0.1, 0.15) is 0 Å². The van der Waals surface area contributed by atoms with E-state index in [1.54, 1.807) is 7.11 Å². The summed E-state index contributed by atoms with van der Waals surface area (Å²) in [6.07, 6.45) is 4.91. The van der Waals surface area contributed by atoms with Gasteiger partial charge in [0.15, 0.2) is 5.82 Å². The van der Waals surface area contributed by atoms with Crippen molar-refractivity contribution in [1.29, 1.82) is 0 Å². The Kier molecular flexibility index (Phi) is 3.38. The Morgan fingerprint density at radius 2 is 2.41 bits per heavy atom. The zero-order chi connectivity index (χ0) is 12.3. The highest BCUT2D eigenvalue weighted by molar-refractivity contribution is 5.97. The number of nitrogens with zero attached hydrogens (tertiary/aromatic N) is 1. The summed E-state index contributed by atoms with van der Waals surface area (Å²) < 4.78 is 18.3. The minimum atomic E-state index is -0.511. The maximum atomic E-state index is 13.3. The molecule has 0 radical (unpaired) electrons. The third-order valence-corrected chi connectivity index (χ3v) is 3.14. The fraction of sp³-hybridized carbons (Fsp3) is 0.500. The van der Waals surface area contributed by atoms with Crippen molar-refractivity contribution in [3.8, 4) is 0 Å². The Morgan fingerprint density at radius 1 is 1.65 bits per heavy atom. The van der Waals surface area contributed by atoms with E-state index in [1.807, 2.05) is 0 Å². The van der Waals surface area contributed by atoms with Crippen LogP contribution in [-0.4, -0.2) is 24.6 Å².